The van der Waals surface area contributed by atoms with Crippen LogP contribution in [0.1, 0.15) is 258 Å². The van der Waals surface area contributed by atoms with Crippen LogP contribution in [-0.4, -0.2) is 60.0 Å². The molecule has 9 nitrogen and oxygen atoms in total. The molecule has 0 aromatic heterocycles. The van der Waals surface area contributed by atoms with Gasteiger partial charge in [0.15, 0.2) is 0 Å². The average molecular weight is 1330 g/mol. The van der Waals surface area contributed by atoms with Crippen LogP contribution in [0.2, 0.25) is 0 Å². The molecule has 98 heavy (non-hydrogen) atoms. The summed E-state index contributed by atoms with van der Waals surface area (Å²) >= 11 is 0. The van der Waals surface area contributed by atoms with E-state index in [1.807, 2.05) is 24.3 Å². The van der Waals surface area contributed by atoms with E-state index < -0.39 is 16.8 Å². The van der Waals surface area contributed by atoms with E-state index in [9.17, 15) is 35.1 Å². The molecule has 17 rings (SSSR count). The second-order valence-electron chi connectivity index (χ2n) is 35.2. The summed E-state index contributed by atoms with van der Waals surface area (Å²) in [7, 11) is 0. The number of rotatable bonds is 12. The van der Waals surface area contributed by atoms with E-state index >= 15 is 0 Å². The zero-order chi connectivity index (χ0) is 68.1. The second kappa shape index (κ2) is 26.8. The largest absolute Gasteiger partial charge is 0.508 e. The zero-order valence-corrected chi connectivity index (χ0v) is 60.1. The molecule has 9 heteroatoms. The first-order valence-electron chi connectivity index (χ1n) is 39.5. The van der Waals surface area contributed by atoms with Crippen LogP contribution in [0.5, 0.6) is 17.2 Å². The van der Waals surface area contributed by atoms with Gasteiger partial charge in [0.1, 0.15) is 42.0 Å². The Bertz CT molecular complexity index is 3700. The van der Waals surface area contributed by atoms with Crippen molar-refractivity contribution < 1.29 is 44.6 Å². The summed E-state index contributed by atoms with van der Waals surface area (Å²) in [5.41, 5.74) is 8.61. The van der Waals surface area contributed by atoms with E-state index in [1.165, 1.54) is 77.5 Å². The lowest BCUT2D eigenvalue weighted by Crippen LogP contribution is -2.56. The predicted molar refractivity (Wildman–Crippen MR) is 387 cm³/mol. The molecule has 5 aromatic rings. The number of aromatic hydroxyl groups is 1. The Morgan fingerprint density at radius 2 is 0.827 bits per heavy atom. The first-order valence-corrected chi connectivity index (χ1v) is 39.5. The fourth-order valence-electron chi connectivity index (χ4n) is 26.2. The highest BCUT2D eigenvalue weighted by atomic mass is 16.5. The van der Waals surface area contributed by atoms with Gasteiger partial charge < -0.3 is 35.0 Å². The van der Waals surface area contributed by atoms with Crippen LogP contribution >= 0.6 is 0 Å². The number of fused-ring (bicyclic) bond motifs is 21. The monoisotopic (exact) mass is 1330 g/mol. The molecule has 9 saturated carbocycles. The van der Waals surface area contributed by atoms with Crippen LogP contribution in [0.25, 0.3) is 0 Å². The molecule has 12 aliphatic rings. The Kier molecular flexibility index (Phi) is 18.7. The van der Waals surface area contributed by atoms with Crippen LogP contribution in [-0.2, 0) is 42.1 Å². The Hall–Kier alpha value is -5.32. The van der Waals surface area contributed by atoms with Gasteiger partial charge in [0, 0.05) is 42.9 Å². The molecular weight excluding hydrogens is 1210 g/mol. The van der Waals surface area contributed by atoms with E-state index in [1.54, 1.807) is 5.56 Å². The fourth-order valence-corrected chi connectivity index (χ4v) is 26.2. The average Bonchev–Trinajstić information content (AvgIpc) is 1.52. The van der Waals surface area contributed by atoms with Crippen molar-refractivity contribution in [2.75, 3.05) is 0 Å². The van der Waals surface area contributed by atoms with Gasteiger partial charge in [0.25, 0.3) is 0 Å². The number of carbonyl (C=O) groups is 2. The van der Waals surface area contributed by atoms with Gasteiger partial charge in [-0.1, -0.05) is 159 Å². The molecule has 0 bridgehead atoms. The number of phenolic OH excluding ortho intramolecular Hbond substituents is 1. The highest BCUT2D eigenvalue weighted by Gasteiger charge is 2.71. The highest BCUT2D eigenvalue weighted by molar-refractivity contribution is 5.81. The van der Waals surface area contributed by atoms with Gasteiger partial charge >= 0.3 is 0 Å². The molecule has 526 valence electrons. The number of hydrogen-bond acceptors (Lipinski definition) is 9. The molecule has 0 amide bonds. The topological polar surface area (TPSA) is 154 Å². The number of phenols is 1. The van der Waals surface area contributed by atoms with Crippen molar-refractivity contribution in [3.05, 3.63) is 160 Å². The molecule has 9 fully saturated rings. The third-order valence-electron chi connectivity index (χ3n) is 30.8. The van der Waals surface area contributed by atoms with Crippen molar-refractivity contribution in [3.8, 4) is 17.2 Å². The van der Waals surface area contributed by atoms with Gasteiger partial charge in [-0.25, -0.2) is 0 Å². The van der Waals surface area contributed by atoms with Crippen LogP contribution in [0.15, 0.2) is 115 Å². The first-order chi connectivity index (χ1) is 47.2. The molecule has 0 heterocycles. The van der Waals surface area contributed by atoms with Gasteiger partial charge in [-0.15, -0.1) is 0 Å². The summed E-state index contributed by atoms with van der Waals surface area (Å²) in [6, 6.07) is 40.5. The normalized spacial score (nSPS) is 40.3. The van der Waals surface area contributed by atoms with Crippen molar-refractivity contribution >= 4 is 11.6 Å². The number of aliphatic hydroxyl groups is 4. The predicted octanol–water partition coefficient (Wildman–Crippen LogP) is 18.5. The molecule has 0 radical (unpaired) electrons. The number of ketones is 2. The Morgan fingerprint density at radius 1 is 0.449 bits per heavy atom. The SMILES string of the molecule is CCC[C@@H]1Cc2cc(O)ccc2C2CC[C@@]3(C)C(C[C@H]4CCC(=O)C[C@]43O)C21.CCC[C@@H]1Cc2cc(OCc3ccccc3)ccc2C2CC[C@@]3(C)C(C[C@H]4CCC(=O)C[C@]43O)C21.CCC[C@@H]1Cc2cc(OCc3ccccc3)ccc2C2CC[C@@]3(C)C(C[C@H]4CC[C@H](O)C[C@]43O)C21. The Morgan fingerprint density at radius 3 is 1.23 bits per heavy atom. The second-order valence-corrected chi connectivity index (χ2v) is 35.2. The quantitative estimate of drug-likeness (QED) is 0.0821. The lowest BCUT2D eigenvalue weighted by molar-refractivity contribution is -0.160. The summed E-state index contributed by atoms with van der Waals surface area (Å²) < 4.78 is 12.4. The molecule has 0 saturated heterocycles. The Balaban J connectivity index is 0.000000121. The number of benzene rings is 5. The summed E-state index contributed by atoms with van der Waals surface area (Å²) in [4.78, 5) is 24.7. The molecule has 5 N–H and O–H groups in total. The van der Waals surface area contributed by atoms with Gasteiger partial charge in [-0.2, -0.15) is 0 Å². The van der Waals surface area contributed by atoms with E-state index in [-0.39, 0.29) is 33.9 Å². The van der Waals surface area contributed by atoms with Gasteiger partial charge in [-0.05, 0) is 278 Å². The number of carbonyl (C=O) groups excluding carboxylic acids is 2. The van der Waals surface area contributed by atoms with Crippen molar-refractivity contribution in [2.45, 2.75) is 269 Å². The van der Waals surface area contributed by atoms with Gasteiger partial charge in [-0.3, -0.25) is 9.59 Å². The van der Waals surface area contributed by atoms with Crippen LogP contribution < -0.4 is 9.47 Å². The van der Waals surface area contributed by atoms with Gasteiger partial charge in [0.05, 0.1) is 22.9 Å². The van der Waals surface area contributed by atoms with E-state index in [2.05, 4.69) is 133 Å². The number of aliphatic hydroxyl groups excluding tert-OH is 1. The van der Waals surface area contributed by atoms with Gasteiger partial charge in [0.2, 0.25) is 0 Å². The lowest BCUT2D eigenvalue weighted by atomic mass is 9.49. The highest BCUT2D eigenvalue weighted by Crippen LogP contribution is 2.73. The minimum atomic E-state index is -0.788. The Labute approximate surface area is 586 Å². The molecule has 0 spiro atoms. The zero-order valence-electron chi connectivity index (χ0n) is 60.1. The maximum atomic E-state index is 12.4. The number of hydrogen-bond donors (Lipinski definition) is 5. The number of Topliss-reactive ketones (excluding diaryl/α,β-unsaturated/α-hetero) is 2. The smallest absolute Gasteiger partial charge is 0.135 e. The molecule has 0 aliphatic heterocycles. The minimum absolute atomic E-state index is 0.0670. The number of ether oxygens (including phenoxy) is 2. The van der Waals surface area contributed by atoms with Crippen molar-refractivity contribution in [1.29, 1.82) is 0 Å². The van der Waals surface area contributed by atoms with E-state index in [0.29, 0.717) is 140 Å². The van der Waals surface area contributed by atoms with Crippen molar-refractivity contribution in [1.82, 2.24) is 0 Å². The molecule has 12 aliphatic carbocycles. The van der Waals surface area contributed by atoms with Crippen molar-refractivity contribution in [3.63, 3.8) is 0 Å². The maximum absolute atomic E-state index is 12.4. The summed E-state index contributed by atoms with van der Waals surface area (Å²) in [5.74, 6) is 10.9. The maximum Gasteiger partial charge on any atom is 0.135 e. The van der Waals surface area contributed by atoms with E-state index in [4.69, 9.17) is 9.47 Å². The lowest BCUT2D eigenvalue weighted by Gasteiger charge is -2.56. The summed E-state index contributed by atoms with van der Waals surface area (Å²) in [5, 5.41) is 56.4. The molecular formula is C89H116O9. The molecule has 9 unspecified atom stereocenters. The fraction of sp³-hybridized carbons (Fsp3) is 0.640. The molecule has 22 atom stereocenters. The third kappa shape index (κ3) is 11.5. The standard InChI is InChI=1S/C32H42O3.C32H40O3.C25H34O3/c2*1-3-7-22-16-23-17-26(35-20-21-8-5-4-6-9-21)12-13-27(23)28-14-15-31(2)29(30(22)28)18-24-10-11-25(33)19-32(24,31)34;1-3-4-15-11-16-12-18(26)7-8-20(16)21-9-10-24(2)22(23(15)21)13-17-5-6-19(27)14-25(17,24)28/h4-6,8-9,12-13,17,22,24-25,28-30,33-34H,3,7,10-11,14-16,18-20H2,1-2H3;4-6,8-9,12-13,17,22,24,28-30,34H,3,7,10-11,14-16,18-20H2,1-2H3;7-8,12,15,17,21-23,26,28H,3-6,9-11,13-14H2,1-2H3/t22-,24-,25+,28?,29?,30?,31+,32+;22-,24-,28?,29?,30?,31+,32+;15-,17-,21?,22?,23?,24+,25+/m111/s1. The summed E-state index contributed by atoms with van der Waals surface area (Å²) in [6.07, 6.45) is 26.4. The summed E-state index contributed by atoms with van der Waals surface area (Å²) in [6.45, 7) is 15.1. The van der Waals surface area contributed by atoms with E-state index in [0.717, 1.165) is 114 Å². The minimum Gasteiger partial charge on any atom is -0.508 e. The third-order valence-corrected chi connectivity index (χ3v) is 30.8. The first kappa shape index (κ1) is 68.4. The van der Waals surface area contributed by atoms with Crippen LogP contribution in [0.3, 0.4) is 0 Å². The van der Waals surface area contributed by atoms with Crippen LogP contribution in [0.4, 0.5) is 0 Å². The molecule has 5 aromatic carbocycles. The van der Waals surface area contributed by atoms with Crippen LogP contribution in [0, 0.1) is 87.3 Å². The van der Waals surface area contributed by atoms with Crippen molar-refractivity contribution in [2.24, 2.45) is 87.3 Å².